The molecule has 0 fully saturated rings. The molecule has 11 heteroatoms. The average molecular weight is 624 g/mol. The van der Waals surface area contributed by atoms with E-state index in [-0.39, 0.29) is 26.6 Å². The van der Waals surface area contributed by atoms with E-state index in [1.807, 2.05) is 56.5 Å². The number of allylic oxidation sites excluding steroid dienone is 4. The SMILES string of the molecule is Cn1cc(NC2=NC=CN3C(C#CC4=CC(NC(=O)c5cc(C(C)(C)I)on5)=CCC4(C)C)=CNC23)cn1. The molecular weight excluding hydrogens is 595 g/mol. The lowest BCUT2D eigenvalue weighted by molar-refractivity contribution is 0.0957. The number of aromatic nitrogens is 3. The number of nitrogens with one attached hydrogen (secondary N) is 3. The number of carbonyl (C=O) groups is 1. The zero-order chi connectivity index (χ0) is 27.1. The van der Waals surface area contributed by atoms with Crippen molar-refractivity contribution < 1.29 is 9.32 Å². The molecule has 2 aliphatic heterocycles. The summed E-state index contributed by atoms with van der Waals surface area (Å²) >= 11 is 2.25. The van der Waals surface area contributed by atoms with Crippen molar-refractivity contribution >= 4 is 40.0 Å². The van der Waals surface area contributed by atoms with Crippen LogP contribution in [0.25, 0.3) is 0 Å². The molecule has 0 saturated heterocycles. The lowest BCUT2D eigenvalue weighted by Crippen LogP contribution is -2.45. The van der Waals surface area contributed by atoms with E-state index in [1.165, 1.54) is 0 Å². The van der Waals surface area contributed by atoms with Gasteiger partial charge in [-0.3, -0.25) is 9.48 Å². The van der Waals surface area contributed by atoms with Crippen molar-refractivity contribution in [2.24, 2.45) is 17.5 Å². The molecule has 4 heterocycles. The van der Waals surface area contributed by atoms with Gasteiger partial charge in [-0.15, -0.1) is 0 Å². The minimum Gasteiger partial charge on any atom is -0.362 e. The van der Waals surface area contributed by atoms with E-state index in [0.717, 1.165) is 29.2 Å². The molecule has 2 aromatic rings. The molecule has 38 heavy (non-hydrogen) atoms. The number of halogens is 1. The van der Waals surface area contributed by atoms with Crippen LogP contribution in [0.5, 0.6) is 0 Å². The highest BCUT2D eigenvalue weighted by Crippen LogP contribution is 2.35. The Morgan fingerprint density at radius 3 is 2.87 bits per heavy atom. The Morgan fingerprint density at radius 2 is 2.16 bits per heavy atom. The van der Waals surface area contributed by atoms with Crippen molar-refractivity contribution in [2.45, 2.75) is 43.7 Å². The molecule has 0 saturated carbocycles. The Morgan fingerprint density at radius 1 is 1.34 bits per heavy atom. The molecule has 0 spiro atoms. The van der Waals surface area contributed by atoms with Crippen molar-refractivity contribution in [2.75, 3.05) is 5.32 Å². The van der Waals surface area contributed by atoms with E-state index in [0.29, 0.717) is 11.5 Å². The molecule has 10 nitrogen and oxygen atoms in total. The predicted molar refractivity (Wildman–Crippen MR) is 154 cm³/mol. The lowest BCUT2D eigenvalue weighted by atomic mass is 9.78. The van der Waals surface area contributed by atoms with Gasteiger partial charge in [0.05, 0.1) is 15.3 Å². The molecule has 196 valence electrons. The third kappa shape index (κ3) is 5.40. The Bertz CT molecular complexity index is 1490. The molecule has 0 radical (unpaired) electrons. The van der Waals surface area contributed by atoms with Crippen LogP contribution in [0.3, 0.4) is 0 Å². The van der Waals surface area contributed by atoms with Crippen LogP contribution < -0.4 is 16.0 Å². The van der Waals surface area contributed by atoms with Gasteiger partial charge in [-0.2, -0.15) is 5.10 Å². The third-order valence-corrected chi connectivity index (χ3v) is 6.92. The Labute approximate surface area is 235 Å². The van der Waals surface area contributed by atoms with E-state index >= 15 is 0 Å². The van der Waals surface area contributed by atoms with Crippen LogP contribution in [0.15, 0.2) is 75.7 Å². The van der Waals surface area contributed by atoms with Crippen LogP contribution in [-0.4, -0.2) is 37.7 Å². The summed E-state index contributed by atoms with van der Waals surface area (Å²) < 4.78 is 6.84. The van der Waals surface area contributed by atoms with Gasteiger partial charge in [0.1, 0.15) is 11.5 Å². The first kappa shape index (κ1) is 25.8. The number of amides is 1. The van der Waals surface area contributed by atoms with Crippen LogP contribution in [0, 0.1) is 17.3 Å². The first-order chi connectivity index (χ1) is 18.0. The second-order valence-electron chi connectivity index (χ2n) is 10.4. The fourth-order valence-electron chi connectivity index (χ4n) is 4.09. The number of rotatable bonds is 4. The maximum absolute atomic E-state index is 12.8. The molecule has 3 aliphatic rings. The van der Waals surface area contributed by atoms with Crippen LogP contribution in [-0.2, 0) is 10.5 Å². The molecule has 1 amide bonds. The molecule has 1 aliphatic carbocycles. The highest BCUT2D eigenvalue weighted by molar-refractivity contribution is 14.1. The van der Waals surface area contributed by atoms with Crippen LogP contribution in [0.4, 0.5) is 5.69 Å². The summed E-state index contributed by atoms with van der Waals surface area (Å²) in [6.07, 6.45) is 13.7. The zero-order valence-electron chi connectivity index (χ0n) is 21.8. The lowest BCUT2D eigenvalue weighted by Gasteiger charge is -2.29. The van der Waals surface area contributed by atoms with Gasteiger partial charge in [0, 0.05) is 54.6 Å². The number of hydrogen-bond acceptors (Lipinski definition) is 8. The normalized spacial score (nSPS) is 19.7. The largest absolute Gasteiger partial charge is 0.362 e. The van der Waals surface area contributed by atoms with E-state index in [4.69, 9.17) is 4.52 Å². The summed E-state index contributed by atoms with van der Waals surface area (Å²) in [5, 5.41) is 17.7. The Hall–Kier alpha value is -3.79. The Balaban J connectivity index is 1.29. The number of carbonyl (C=O) groups excluding carboxylic acids is 1. The molecule has 2 aromatic heterocycles. The average Bonchev–Trinajstić information content (AvgIpc) is 3.59. The first-order valence-corrected chi connectivity index (χ1v) is 13.2. The van der Waals surface area contributed by atoms with Crippen molar-refractivity contribution in [3.8, 4) is 11.8 Å². The minimum absolute atomic E-state index is 0.175. The van der Waals surface area contributed by atoms with Gasteiger partial charge in [0.15, 0.2) is 17.6 Å². The third-order valence-electron chi connectivity index (χ3n) is 6.38. The zero-order valence-corrected chi connectivity index (χ0v) is 24.0. The summed E-state index contributed by atoms with van der Waals surface area (Å²) in [6, 6.07) is 1.68. The molecule has 3 N–H and O–H groups in total. The van der Waals surface area contributed by atoms with Gasteiger partial charge in [0.2, 0.25) is 0 Å². The summed E-state index contributed by atoms with van der Waals surface area (Å²) in [4.78, 5) is 19.3. The fraction of sp³-hybridized carbons (Fsp3) is 0.333. The number of nitrogens with zero attached hydrogens (tertiary/aromatic N) is 5. The number of aliphatic imine (C=N–C) groups is 1. The van der Waals surface area contributed by atoms with Crippen molar-refractivity contribution in [3.05, 3.63) is 77.6 Å². The number of aryl methyl sites for hydroxylation is 1. The summed E-state index contributed by atoms with van der Waals surface area (Å²) in [6.45, 7) is 8.28. The minimum atomic E-state index is -0.313. The number of amidine groups is 1. The summed E-state index contributed by atoms with van der Waals surface area (Å²) in [5.74, 6) is 7.74. The smallest absolute Gasteiger partial charge is 0.277 e. The molecule has 5 rings (SSSR count). The van der Waals surface area contributed by atoms with E-state index in [1.54, 1.807) is 23.1 Å². The number of anilines is 1. The number of alkyl halides is 1. The Kier molecular flexibility index (Phi) is 6.68. The van der Waals surface area contributed by atoms with Gasteiger partial charge in [-0.25, -0.2) is 4.99 Å². The van der Waals surface area contributed by atoms with Gasteiger partial charge in [-0.05, 0) is 32.3 Å². The van der Waals surface area contributed by atoms with E-state index in [2.05, 4.69) is 79.5 Å². The second-order valence-corrected chi connectivity index (χ2v) is 13.1. The second kappa shape index (κ2) is 9.83. The topological polar surface area (TPSA) is 113 Å². The van der Waals surface area contributed by atoms with E-state index < -0.39 is 0 Å². The molecule has 0 bridgehead atoms. The van der Waals surface area contributed by atoms with E-state index in [9.17, 15) is 4.79 Å². The predicted octanol–water partition coefficient (Wildman–Crippen LogP) is 4.12. The van der Waals surface area contributed by atoms with Gasteiger partial charge in [0.25, 0.3) is 5.91 Å². The van der Waals surface area contributed by atoms with Gasteiger partial charge >= 0.3 is 0 Å². The molecular formula is C27H29IN8O2. The highest BCUT2D eigenvalue weighted by Gasteiger charge is 2.31. The monoisotopic (exact) mass is 624 g/mol. The number of hydrogen-bond donors (Lipinski definition) is 3. The summed E-state index contributed by atoms with van der Waals surface area (Å²) in [5.41, 5.74) is 3.38. The molecule has 0 aromatic carbocycles. The fourth-order valence-corrected chi connectivity index (χ4v) is 4.34. The standard InChI is InChI=1S/C27H29IN8O2/c1-26(2)9-8-18(33-25(37)21-13-22(38-34-21)27(3,4)28)12-17(26)6-7-20-15-30-24-23(29-10-11-36(20)24)32-19-14-31-35(5)16-19/h8,10-16,24,30H,9H2,1-5H3,(H,29,32)(H,33,37). The van der Waals surface area contributed by atoms with Crippen molar-refractivity contribution in [1.29, 1.82) is 0 Å². The highest BCUT2D eigenvalue weighted by atomic mass is 127. The van der Waals surface area contributed by atoms with Crippen LogP contribution >= 0.6 is 22.6 Å². The maximum Gasteiger partial charge on any atom is 0.277 e. The van der Waals surface area contributed by atoms with Gasteiger partial charge < -0.3 is 25.4 Å². The first-order valence-electron chi connectivity index (χ1n) is 12.2. The van der Waals surface area contributed by atoms with Crippen LogP contribution in [0.2, 0.25) is 0 Å². The molecule has 1 atom stereocenters. The molecule has 1 unspecified atom stereocenters. The maximum atomic E-state index is 12.8. The quantitative estimate of drug-likeness (QED) is 0.267. The van der Waals surface area contributed by atoms with Crippen molar-refractivity contribution in [3.63, 3.8) is 0 Å². The van der Waals surface area contributed by atoms with Crippen molar-refractivity contribution in [1.82, 2.24) is 30.5 Å². The van der Waals surface area contributed by atoms with Crippen LogP contribution in [0.1, 0.15) is 50.4 Å². The summed E-state index contributed by atoms with van der Waals surface area (Å²) in [7, 11) is 1.87. The number of fused-ring (bicyclic) bond motifs is 1. The van der Waals surface area contributed by atoms with Gasteiger partial charge in [-0.1, -0.05) is 53.6 Å².